The van der Waals surface area contributed by atoms with Gasteiger partial charge in [0.15, 0.2) is 0 Å². The molecule has 4 atom stereocenters. The van der Waals surface area contributed by atoms with Crippen LogP contribution in [0.25, 0.3) is 0 Å². The molecule has 3 nitrogen and oxygen atoms in total. The Hall–Kier alpha value is -0.570. The highest BCUT2D eigenvalue weighted by molar-refractivity contribution is 5.70. The summed E-state index contributed by atoms with van der Waals surface area (Å²) in [4.78, 5) is 11.2. The molecular weight excluding hydrogens is 250 g/mol. The second-order valence-electron chi connectivity index (χ2n) is 7.40. The molecule has 2 N–H and O–H groups in total. The molecule has 2 rings (SSSR count). The van der Waals surface area contributed by atoms with Crippen molar-refractivity contribution in [3.05, 3.63) is 0 Å². The summed E-state index contributed by atoms with van der Waals surface area (Å²) in [5.41, 5.74) is 0. The Morgan fingerprint density at radius 2 is 1.95 bits per heavy atom. The van der Waals surface area contributed by atoms with Crippen molar-refractivity contribution in [1.82, 2.24) is 5.32 Å². The van der Waals surface area contributed by atoms with Crippen LogP contribution in [0, 0.1) is 23.7 Å². The van der Waals surface area contributed by atoms with Gasteiger partial charge in [-0.25, -0.2) is 0 Å². The minimum atomic E-state index is -0.587. The number of hydrogen-bond acceptors (Lipinski definition) is 2. The van der Waals surface area contributed by atoms with Crippen molar-refractivity contribution in [3.8, 4) is 0 Å². The van der Waals surface area contributed by atoms with Crippen LogP contribution in [0.2, 0.25) is 0 Å². The summed E-state index contributed by atoms with van der Waals surface area (Å²) < 4.78 is 0. The van der Waals surface area contributed by atoms with Gasteiger partial charge < -0.3 is 10.4 Å². The first-order chi connectivity index (χ1) is 9.56. The average molecular weight is 281 g/mol. The Labute approximate surface area is 123 Å². The fraction of sp³-hybridized carbons (Fsp3) is 0.941. The van der Waals surface area contributed by atoms with Crippen molar-refractivity contribution in [2.24, 2.45) is 23.7 Å². The van der Waals surface area contributed by atoms with E-state index in [1.54, 1.807) is 0 Å². The van der Waals surface area contributed by atoms with Gasteiger partial charge in [0.05, 0.1) is 5.92 Å². The van der Waals surface area contributed by atoms with Gasteiger partial charge in [0.2, 0.25) is 0 Å². The van der Waals surface area contributed by atoms with Crippen LogP contribution in [-0.4, -0.2) is 23.7 Å². The van der Waals surface area contributed by atoms with Gasteiger partial charge >= 0.3 is 5.97 Å². The molecule has 2 fully saturated rings. The van der Waals surface area contributed by atoms with E-state index in [2.05, 4.69) is 19.2 Å². The summed E-state index contributed by atoms with van der Waals surface area (Å²) in [5.74, 6) is 1.34. The van der Waals surface area contributed by atoms with Crippen molar-refractivity contribution in [3.63, 3.8) is 0 Å². The predicted molar refractivity (Wildman–Crippen MR) is 81.7 cm³/mol. The number of aliphatic carboxylic acids is 1. The van der Waals surface area contributed by atoms with Crippen molar-refractivity contribution in [2.75, 3.05) is 6.54 Å². The van der Waals surface area contributed by atoms with Crippen molar-refractivity contribution in [2.45, 2.75) is 71.3 Å². The van der Waals surface area contributed by atoms with Gasteiger partial charge in [-0.05, 0) is 56.4 Å². The number of carbonyl (C=O) groups is 1. The zero-order valence-electron chi connectivity index (χ0n) is 13.1. The van der Waals surface area contributed by atoms with E-state index in [9.17, 15) is 9.90 Å². The minimum Gasteiger partial charge on any atom is -0.481 e. The van der Waals surface area contributed by atoms with E-state index in [0.29, 0.717) is 12.0 Å². The van der Waals surface area contributed by atoms with Gasteiger partial charge in [0, 0.05) is 6.04 Å². The molecule has 2 saturated carbocycles. The number of carboxylic acids is 1. The monoisotopic (exact) mass is 281 g/mol. The first-order valence-corrected chi connectivity index (χ1v) is 8.52. The Morgan fingerprint density at radius 1 is 1.20 bits per heavy atom. The maximum absolute atomic E-state index is 11.2. The third-order valence-electron chi connectivity index (χ3n) is 5.23. The molecule has 0 amide bonds. The van der Waals surface area contributed by atoms with E-state index < -0.39 is 5.97 Å². The molecule has 0 radical (unpaired) electrons. The molecule has 4 unspecified atom stereocenters. The number of rotatable bonds is 6. The first kappa shape index (κ1) is 15.8. The standard InChI is InChI=1S/C17H31NO2/c1-12(2)9-13-5-3-7-15(10-13)18-11-14-6-4-8-16(14)17(19)20/h12-16,18H,3-11H2,1-2H3,(H,19,20). The van der Waals surface area contributed by atoms with Crippen LogP contribution in [0.15, 0.2) is 0 Å². The fourth-order valence-electron chi connectivity index (χ4n) is 4.28. The second kappa shape index (κ2) is 7.44. The lowest BCUT2D eigenvalue weighted by Crippen LogP contribution is -2.39. The number of carboxylic acid groups (broad SMARTS) is 1. The Bertz CT molecular complexity index is 316. The van der Waals surface area contributed by atoms with Crippen molar-refractivity contribution < 1.29 is 9.90 Å². The summed E-state index contributed by atoms with van der Waals surface area (Å²) in [5, 5.41) is 12.9. The maximum Gasteiger partial charge on any atom is 0.306 e. The summed E-state index contributed by atoms with van der Waals surface area (Å²) in [7, 11) is 0. The van der Waals surface area contributed by atoms with Gasteiger partial charge in [-0.15, -0.1) is 0 Å². The predicted octanol–water partition coefficient (Wildman–Crippen LogP) is 3.68. The maximum atomic E-state index is 11.2. The van der Waals surface area contributed by atoms with E-state index in [1.165, 1.54) is 32.1 Å². The third kappa shape index (κ3) is 4.47. The van der Waals surface area contributed by atoms with E-state index in [1.807, 2.05) is 0 Å². The summed E-state index contributed by atoms with van der Waals surface area (Å²) in [6.45, 7) is 5.54. The van der Waals surface area contributed by atoms with Gasteiger partial charge in [0.1, 0.15) is 0 Å². The summed E-state index contributed by atoms with van der Waals surface area (Å²) >= 11 is 0. The van der Waals surface area contributed by atoms with Crippen LogP contribution in [-0.2, 0) is 4.79 Å². The van der Waals surface area contributed by atoms with E-state index in [4.69, 9.17) is 0 Å². The highest BCUT2D eigenvalue weighted by Crippen LogP contribution is 2.33. The van der Waals surface area contributed by atoms with Crippen molar-refractivity contribution in [1.29, 1.82) is 0 Å². The minimum absolute atomic E-state index is 0.0995. The molecule has 0 aromatic carbocycles. The van der Waals surface area contributed by atoms with E-state index in [-0.39, 0.29) is 5.92 Å². The number of nitrogens with one attached hydrogen (secondary N) is 1. The average Bonchev–Trinajstić information content (AvgIpc) is 2.84. The normalized spacial score (nSPS) is 34.5. The smallest absolute Gasteiger partial charge is 0.306 e. The topological polar surface area (TPSA) is 49.3 Å². The molecule has 0 aliphatic heterocycles. The van der Waals surface area contributed by atoms with Crippen LogP contribution in [0.3, 0.4) is 0 Å². The molecule has 0 aromatic rings. The molecule has 0 heterocycles. The second-order valence-corrected chi connectivity index (χ2v) is 7.40. The largest absolute Gasteiger partial charge is 0.481 e. The van der Waals surface area contributed by atoms with Crippen molar-refractivity contribution >= 4 is 5.97 Å². The van der Waals surface area contributed by atoms with Crippen LogP contribution in [0.4, 0.5) is 0 Å². The van der Waals surface area contributed by atoms with Gasteiger partial charge in [-0.1, -0.05) is 33.1 Å². The molecule has 20 heavy (non-hydrogen) atoms. The quantitative estimate of drug-likeness (QED) is 0.781. The molecule has 116 valence electrons. The lowest BCUT2D eigenvalue weighted by Gasteiger charge is -2.32. The third-order valence-corrected chi connectivity index (χ3v) is 5.23. The molecule has 2 aliphatic rings. The van der Waals surface area contributed by atoms with E-state index >= 15 is 0 Å². The van der Waals surface area contributed by atoms with Gasteiger partial charge in [-0.3, -0.25) is 4.79 Å². The molecular formula is C17H31NO2. The highest BCUT2D eigenvalue weighted by atomic mass is 16.4. The summed E-state index contributed by atoms with van der Waals surface area (Å²) in [6, 6.07) is 0.627. The van der Waals surface area contributed by atoms with Crippen LogP contribution in [0.5, 0.6) is 0 Å². The Kier molecular flexibility index (Phi) is 5.88. The molecule has 0 spiro atoms. The number of hydrogen-bond donors (Lipinski definition) is 2. The molecule has 0 aromatic heterocycles. The van der Waals surface area contributed by atoms with Gasteiger partial charge in [0.25, 0.3) is 0 Å². The van der Waals surface area contributed by atoms with Gasteiger partial charge in [-0.2, -0.15) is 0 Å². The van der Waals surface area contributed by atoms with Crippen LogP contribution in [0.1, 0.15) is 65.2 Å². The van der Waals surface area contributed by atoms with Crippen LogP contribution < -0.4 is 5.32 Å². The molecule has 0 bridgehead atoms. The lowest BCUT2D eigenvalue weighted by atomic mass is 9.81. The van der Waals surface area contributed by atoms with Crippen LogP contribution >= 0.6 is 0 Å². The zero-order chi connectivity index (χ0) is 14.5. The first-order valence-electron chi connectivity index (χ1n) is 8.52. The highest BCUT2D eigenvalue weighted by Gasteiger charge is 2.33. The SMILES string of the molecule is CC(C)CC1CCCC(NCC2CCCC2C(=O)O)C1. The molecule has 3 heteroatoms. The van der Waals surface area contributed by atoms with E-state index in [0.717, 1.165) is 37.6 Å². The zero-order valence-corrected chi connectivity index (χ0v) is 13.1. The Balaban J connectivity index is 1.74. The fourth-order valence-corrected chi connectivity index (χ4v) is 4.28. The summed E-state index contributed by atoms with van der Waals surface area (Å²) in [6.07, 6.45) is 9.69. The molecule has 0 saturated heterocycles. The molecule has 2 aliphatic carbocycles. The Morgan fingerprint density at radius 3 is 2.65 bits per heavy atom. The lowest BCUT2D eigenvalue weighted by molar-refractivity contribution is -0.142.